The molecular formula is C20H24ClN3O2S2. The molecule has 0 aliphatic carbocycles. The minimum atomic E-state index is -0.0697. The Morgan fingerprint density at radius 3 is 2.50 bits per heavy atom. The minimum absolute atomic E-state index is 0.0697. The van der Waals surface area contributed by atoms with Crippen LogP contribution in [0.15, 0.2) is 24.3 Å². The average Bonchev–Trinajstić information content (AvgIpc) is 3.32. The Labute approximate surface area is 178 Å². The average molecular weight is 438 g/mol. The van der Waals surface area contributed by atoms with E-state index in [4.69, 9.17) is 21.3 Å². The number of hydrogen-bond acceptors (Lipinski definition) is 6. The van der Waals surface area contributed by atoms with Crippen LogP contribution in [0.5, 0.6) is 5.75 Å². The van der Waals surface area contributed by atoms with Crippen molar-refractivity contribution in [2.45, 2.75) is 20.8 Å². The normalized spacial score (nSPS) is 11.4. The van der Waals surface area contributed by atoms with Crippen molar-refractivity contribution in [3.8, 4) is 5.75 Å². The summed E-state index contributed by atoms with van der Waals surface area (Å²) in [5, 5.41) is 0.685. The quantitative estimate of drug-likeness (QED) is 0.478. The maximum atomic E-state index is 13.3. The summed E-state index contributed by atoms with van der Waals surface area (Å²) in [6.07, 6.45) is 0. The highest BCUT2D eigenvalue weighted by Crippen LogP contribution is 2.37. The van der Waals surface area contributed by atoms with Gasteiger partial charge in [0.1, 0.15) is 11.3 Å². The highest BCUT2D eigenvalue weighted by atomic mass is 35.5. The van der Waals surface area contributed by atoms with E-state index in [0.29, 0.717) is 20.9 Å². The standard InChI is InChI=1S/C20H24ClN3O2S2/c1-5-23(6-2)11-12-24(19(25)15-9-10-16(21)27-15)20-22-17-14(26-4)8-7-13(3)18(17)28-20/h7-10H,5-6,11-12H2,1-4H3. The van der Waals surface area contributed by atoms with Gasteiger partial charge in [-0.2, -0.15) is 0 Å². The summed E-state index contributed by atoms with van der Waals surface area (Å²) in [6, 6.07) is 7.47. The summed E-state index contributed by atoms with van der Waals surface area (Å²) >= 11 is 8.88. The molecular weight excluding hydrogens is 414 g/mol. The molecule has 5 nitrogen and oxygen atoms in total. The fraction of sp³-hybridized carbons (Fsp3) is 0.400. The van der Waals surface area contributed by atoms with Gasteiger partial charge in [0.2, 0.25) is 0 Å². The van der Waals surface area contributed by atoms with E-state index < -0.39 is 0 Å². The molecule has 0 saturated heterocycles. The van der Waals surface area contributed by atoms with Gasteiger partial charge in [0.05, 0.1) is 21.0 Å². The van der Waals surface area contributed by atoms with Crippen LogP contribution in [0.1, 0.15) is 29.1 Å². The Morgan fingerprint density at radius 1 is 1.14 bits per heavy atom. The van der Waals surface area contributed by atoms with Crippen LogP contribution in [-0.4, -0.2) is 49.1 Å². The number of amides is 1. The largest absolute Gasteiger partial charge is 0.494 e. The molecule has 8 heteroatoms. The first kappa shape index (κ1) is 21.0. The summed E-state index contributed by atoms with van der Waals surface area (Å²) in [5.74, 6) is 0.651. The lowest BCUT2D eigenvalue weighted by molar-refractivity contribution is 0.0987. The van der Waals surface area contributed by atoms with Crippen molar-refractivity contribution in [3.05, 3.63) is 39.0 Å². The molecule has 0 N–H and O–H groups in total. The zero-order valence-electron chi connectivity index (χ0n) is 16.5. The molecule has 0 radical (unpaired) electrons. The number of hydrogen-bond donors (Lipinski definition) is 0. The number of rotatable bonds is 8. The fourth-order valence-corrected chi connectivity index (χ4v) is 5.07. The van der Waals surface area contributed by atoms with Gasteiger partial charge in [0, 0.05) is 13.1 Å². The molecule has 0 saturated carbocycles. The van der Waals surface area contributed by atoms with Gasteiger partial charge in [-0.05, 0) is 43.8 Å². The Bertz CT molecular complexity index is 966. The lowest BCUT2D eigenvalue weighted by atomic mass is 10.2. The van der Waals surface area contributed by atoms with Gasteiger partial charge >= 0.3 is 0 Å². The number of aromatic nitrogens is 1. The van der Waals surface area contributed by atoms with Crippen molar-refractivity contribution in [1.82, 2.24) is 9.88 Å². The van der Waals surface area contributed by atoms with Crippen molar-refractivity contribution in [2.24, 2.45) is 0 Å². The number of fused-ring (bicyclic) bond motifs is 1. The molecule has 0 fully saturated rings. The molecule has 0 aliphatic rings. The second-order valence-corrected chi connectivity index (χ2v) is 9.04. The highest BCUT2D eigenvalue weighted by molar-refractivity contribution is 7.22. The first-order chi connectivity index (χ1) is 13.5. The molecule has 150 valence electrons. The van der Waals surface area contributed by atoms with Crippen molar-refractivity contribution in [3.63, 3.8) is 0 Å². The number of ether oxygens (including phenoxy) is 1. The van der Waals surface area contributed by atoms with Gasteiger partial charge < -0.3 is 9.64 Å². The first-order valence-corrected chi connectivity index (χ1v) is 11.2. The van der Waals surface area contributed by atoms with Crippen molar-refractivity contribution < 1.29 is 9.53 Å². The Morgan fingerprint density at radius 2 is 1.89 bits per heavy atom. The van der Waals surface area contributed by atoms with Gasteiger partial charge in [-0.3, -0.25) is 9.69 Å². The van der Waals surface area contributed by atoms with Crippen molar-refractivity contribution in [2.75, 3.05) is 38.2 Å². The highest BCUT2D eigenvalue weighted by Gasteiger charge is 2.24. The lowest BCUT2D eigenvalue weighted by Gasteiger charge is -2.24. The van der Waals surface area contributed by atoms with Crippen LogP contribution in [0.25, 0.3) is 10.2 Å². The molecule has 3 aromatic rings. The number of carbonyl (C=O) groups excluding carboxylic acids is 1. The number of benzene rings is 1. The van der Waals surface area contributed by atoms with Crippen LogP contribution in [0, 0.1) is 6.92 Å². The molecule has 0 unspecified atom stereocenters. The minimum Gasteiger partial charge on any atom is -0.494 e. The predicted molar refractivity (Wildman–Crippen MR) is 120 cm³/mol. The molecule has 3 rings (SSSR count). The molecule has 2 heterocycles. The molecule has 1 aromatic carbocycles. The number of thiophene rings is 1. The van der Waals surface area contributed by atoms with E-state index >= 15 is 0 Å². The third-order valence-electron chi connectivity index (χ3n) is 4.71. The molecule has 0 aliphatic heterocycles. The lowest BCUT2D eigenvalue weighted by Crippen LogP contribution is -2.38. The topological polar surface area (TPSA) is 45.7 Å². The van der Waals surface area contributed by atoms with Crippen LogP contribution in [0.3, 0.4) is 0 Å². The van der Waals surface area contributed by atoms with Gasteiger partial charge in [0.25, 0.3) is 5.91 Å². The van der Waals surface area contributed by atoms with Crippen molar-refractivity contribution >= 4 is 55.5 Å². The van der Waals surface area contributed by atoms with E-state index in [1.54, 1.807) is 24.1 Å². The number of methoxy groups -OCH3 is 1. The number of aryl methyl sites for hydroxylation is 1. The maximum Gasteiger partial charge on any atom is 0.270 e. The molecule has 0 atom stereocenters. The van der Waals surface area contributed by atoms with E-state index in [9.17, 15) is 4.79 Å². The zero-order chi connectivity index (χ0) is 20.3. The number of nitrogens with zero attached hydrogens (tertiary/aromatic N) is 3. The third kappa shape index (κ3) is 4.33. The number of halogens is 1. The Balaban J connectivity index is 2.01. The molecule has 0 spiro atoms. The van der Waals surface area contributed by atoms with Gasteiger partial charge in [-0.25, -0.2) is 4.98 Å². The Hall–Kier alpha value is -1.67. The number of carbonyl (C=O) groups is 1. The summed E-state index contributed by atoms with van der Waals surface area (Å²) in [6.45, 7) is 9.53. The van der Waals surface area contributed by atoms with Crippen LogP contribution in [0.4, 0.5) is 5.13 Å². The van der Waals surface area contributed by atoms with E-state index in [1.165, 1.54) is 22.7 Å². The third-order valence-corrected chi connectivity index (χ3v) is 7.14. The number of likely N-dealkylation sites (N-methyl/N-ethyl adjacent to an activating group) is 1. The molecule has 2 aromatic heterocycles. The van der Waals surface area contributed by atoms with Crippen LogP contribution in [0.2, 0.25) is 4.34 Å². The second kappa shape index (κ2) is 9.22. The molecule has 0 bridgehead atoms. The first-order valence-electron chi connectivity index (χ1n) is 9.22. The van der Waals surface area contributed by atoms with Gasteiger partial charge in [-0.15, -0.1) is 11.3 Å². The summed E-state index contributed by atoms with van der Waals surface area (Å²) in [5.41, 5.74) is 1.92. The van der Waals surface area contributed by atoms with E-state index in [2.05, 4.69) is 18.7 Å². The van der Waals surface area contributed by atoms with E-state index in [-0.39, 0.29) is 5.91 Å². The smallest absolute Gasteiger partial charge is 0.270 e. The van der Waals surface area contributed by atoms with Crippen LogP contribution < -0.4 is 9.64 Å². The number of thiazole rings is 1. The molecule has 28 heavy (non-hydrogen) atoms. The predicted octanol–water partition coefficient (Wildman–Crippen LogP) is 5.32. The zero-order valence-corrected chi connectivity index (χ0v) is 18.9. The van der Waals surface area contributed by atoms with Gasteiger partial charge in [-0.1, -0.05) is 42.9 Å². The number of anilines is 1. The SMILES string of the molecule is CCN(CC)CCN(C(=O)c1ccc(Cl)s1)c1nc2c(OC)ccc(C)c2s1. The second-order valence-electron chi connectivity index (χ2n) is 6.35. The molecule has 1 amide bonds. The fourth-order valence-electron chi connectivity index (χ4n) is 3.01. The monoisotopic (exact) mass is 437 g/mol. The van der Waals surface area contributed by atoms with E-state index in [0.717, 1.165) is 41.2 Å². The van der Waals surface area contributed by atoms with Crippen LogP contribution >= 0.6 is 34.3 Å². The summed E-state index contributed by atoms with van der Waals surface area (Å²) in [4.78, 5) is 22.7. The summed E-state index contributed by atoms with van der Waals surface area (Å²) in [7, 11) is 1.64. The summed E-state index contributed by atoms with van der Waals surface area (Å²) < 4.78 is 7.12. The van der Waals surface area contributed by atoms with Crippen molar-refractivity contribution in [1.29, 1.82) is 0 Å². The van der Waals surface area contributed by atoms with Gasteiger partial charge in [0.15, 0.2) is 5.13 Å². The maximum absolute atomic E-state index is 13.3. The Kier molecular flexibility index (Phi) is 6.93. The van der Waals surface area contributed by atoms with E-state index in [1.807, 2.05) is 19.1 Å². The van der Waals surface area contributed by atoms with Crippen LogP contribution in [-0.2, 0) is 0 Å².